The van der Waals surface area contributed by atoms with Crippen LogP contribution in [0.1, 0.15) is 24.5 Å². The van der Waals surface area contributed by atoms with Gasteiger partial charge in [0, 0.05) is 19.7 Å². The SMILES string of the molecule is COC(C)CNC1CCc2ccccc2C1. The molecule has 1 aromatic carbocycles. The lowest BCUT2D eigenvalue weighted by atomic mass is 9.88. The molecule has 0 radical (unpaired) electrons. The van der Waals surface area contributed by atoms with Crippen molar-refractivity contribution in [2.75, 3.05) is 13.7 Å². The molecule has 1 aliphatic carbocycles. The number of methoxy groups -OCH3 is 1. The maximum Gasteiger partial charge on any atom is 0.0667 e. The molecular weight excluding hydrogens is 198 g/mol. The van der Waals surface area contributed by atoms with Crippen molar-refractivity contribution >= 4 is 0 Å². The van der Waals surface area contributed by atoms with Crippen molar-refractivity contribution in [3.05, 3.63) is 35.4 Å². The average molecular weight is 219 g/mol. The highest BCUT2D eigenvalue weighted by molar-refractivity contribution is 5.30. The van der Waals surface area contributed by atoms with E-state index in [0.29, 0.717) is 12.1 Å². The van der Waals surface area contributed by atoms with Crippen LogP contribution in [0.15, 0.2) is 24.3 Å². The molecule has 0 aromatic heterocycles. The van der Waals surface area contributed by atoms with Crippen LogP contribution >= 0.6 is 0 Å². The van der Waals surface area contributed by atoms with Crippen LogP contribution in [0, 0.1) is 0 Å². The summed E-state index contributed by atoms with van der Waals surface area (Å²) in [6, 6.07) is 9.40. The van der Waals surface area contributed by atoms with Gasteiger partial charge in [-0.2, -0.15) is 0 Å². The van der Waals surface area contributed by atoms with Crippen molar-refractivity contribution in [2.24, 2.45) is 0 Å². The molecule has 2 atom stereocenters. The second kappa shape index (κ2) is 5.46. The zero-order valence-corrected chi connectivity index (χ0v) is 10.2. The lowest BCUT2D eigenvalue weighted by Crippen LogP contribution is -2.38. The Morgan fingerprint density at radius 3 is 2.88 bits per heavy atom. The Labute approximate surface area is 98.0 Å². The molecule has 1 aliphatic rings. The Kier molecular flexibility index (Phi) is 3.97. The van der Waals surface area contributed by atoms with Crippen LogP contribution in [-0.4, -0.2) is 25.8 Å². The molecule has 16 heavy (non-hydrogen) atoms. The summed E-state index contributed by atoms with van der Waals surface area (Å²) in [5.41, 5.74) is 3.04. The molecule has 0 saturated carbocycles. The van der Waals surface area contributed by atoms with Gasteiger partial charge in [-0.3, -0.25) is 0 Å². The summed E-state index contributed by atoms with van der Waals surface area (Å²) in [5.74, 6) is 0. The van der Waals surface area contributed by atoms with Crippen LogP contribution in [0.3, 0.4) is 0 Å². The van der Waals surface area contributed by atoms with Gasteiger partial charge in [-0.15, -0.1) is 0 Å². The molecule has 88 valence electrons. The number of nitrogens with one attached hydrogen (secondary N) is 1. The minimum atomic E-state index is 0.303. The number of hydrogen-bond acceptors (Lipinski definition) is 2. The second-order valence-electron chi connectivity index (χ2n) is 4.66. The quantitative estimate of drug-likeness (QED) is 0.838. The summed E-state index contributed by atoms with van der Waals surface area (Å²) in [6.07, 6.45) is 3.91. The van der Waals surface area contributed by atoms with Crippen molar-refractivity contribution in [3.8, 4) is 0 Å². The Morgan fingerprint density at radius 2 is 2.12 bits per heavy atom. The van der Waals surface area contributed by atoms with Crippen molar-refractivity contribution < 1.29 is 4.74 Å². The molecule has 0 bridgehead atoms. The second-order valence-corrected chi connectivity index (χ2v) is 4.66. The van der Waals surface area contributed by atoms with Crippen LogP contribution in [0.25, 0.3) is 0 Å². The standard InChI is InChI=1S/C14H21NO/c1-11(16-2)10-15-14-8-7-12-5-3-4-6-13(12)9-14/h3-6,11,14-15H,7-10H2,1-2H3. The van der Waals surface area contributed by atoms with Crippen LogP contribution in [0.2, 0.25) is 0 Å². The maximum atomic E-state index is 5.25. The minimum absolute atomic E-state index is 0.303. The highest BCUT2D eigenvalue weighted by Gasteiger charge is 2.17. The molecule has 2 rings (SSSR count). The van der Waals surface area contributed by atoms with Gasteiger partial charge in [0.2, 0.25) is 0 Å². The Bertz CT molecular complexity index is 337. The topological polar surface area (TPSA) is 21.3 Å². The van der Waals surface area contributed by atoms with E-state index in [2.05, 4.69) is 36.5 Å². The van der Waals surface area contributed by atoms with E-state index in [0.717, 1.165) is 13.0 Å². The maximum absolute atomic E-state index is 5.25. The highest BCUT2D eigenvalue weighted by Crippen LogP contribution is 2.20. The van der Waals surface area contributed by atoms with E-state index in [1.54, 1.807) is 7.11 Å². The number of hydrogen-bond donors (Lipinski definition) is 1. The van der Waals surface area contributed by atoms with Gasteiger partial charge < -0.3 is 10.1 Å². The van der Waals surface area contributed by atoms with E-state index in [1.807, 2.05) is 0 Å². The third-order valence-electron chi connectivity index (χ3n) is 3.44. The van der Waals surface area contributed by atoms with Crippen LogP contribution < -0.4 is 5.32 Å². The molecular formula is C14H21NO. The molecule has 0 spiro atoms. The van der Waals surface area contributed by atoms with Gasteiger partial charge in [0.05, 0.1) is 6.10 Å². The van der Waals surface area contributed by atoms with Crippen molar-refractivity contribution in [1.29, 1.82) is 0 Å². The van der Waals surface area contributed by atoms with E-state index in [4.69, 9.17) is 4.74 Å². The van der Waals surface area contributed by atoms with Crippen LogP contribution in [0.4, 0.5) is 0 Å². The first-order chi connectivity index (χ1) is 7.79. The first kappa shape index (κ1) is 11.6. The summed E-state index contributed by atoms with van der Waals surface area (Å²) in [4.78, 5) is 0. The predicted molar refractivity (Wildman–Crippen MR) is 66.7 cm³/mol. The summed E-state index contributed by atoms with van der Waals surface area (Å²) < 4.78 is 5.25. The molecule has 0 amide bonds. The predicted octanol–water partition coefficient (Wildman–Crippen LogP) is 2.17. The fourth-order valence-corrected chi connectivity index (χ4v) is 2.29. The molecule has 1 aromatic rings. The fraction of sp³-hybridized carbons (Fsp3) is 0.571. The Hall–Kier alpha value is -0.860. The lowest BCUT2D eigenvalue weighted by Gasteiger charge is -2.26. The van der Waals surface area contributed by atoms with E-state index in [1.165, 1.54) is 24.0 Å². The third kappa shape index (κ3) is 2.83. The Morgan fingerprint density at radius 1 is 1.38 bits per heavy atom. The summed E-state index contributed by atoms with van der Waals surface area (Å²) in [5, 5.41) is 3.59. The lowest BCUT2D eigenvalue weighted by molar-refractivity contribution is 0.113. The normalized spacial score (nSPS) is 21.5. The highest BCUT2D eigenvalue weighted by atomic mass is 16.5. The molecule has 2 nitrogen and oxygen atoms in total. The number of rotatable bonds is 4. The van der Waals surface area contributed by atoms with Crippen molar-refractivity contribution in [2.45, 2.75) is 38.3 Å². The summed E-state index contributed by atoms with van der Waals surface area (Å²) in [7, 11) is 1.77. The van der Waals surface area contributed by atoms with Gasteiger partial charge in [0.25, 0.3) is 0 Å². The van der Waals surface area contributed by atoms with Crippen molar-refractivity contribution in [1.82, 2.24) is 5.32 Å². The minimum Gasteiger partial charge on any atom is -0.380 e. The average Bonchev–Trinajstić information content (AvgIpc) is 2.35. The van der Waals surface area contributed by atoms with Crippen LogP contribution in [0.5, 0.6) is 0 Å². The van der Waals surface area contributed by atoms with E-state index < -0.39 is 0 Å². The molecule has 0 saturated heterocycles. The third-order valence-corrected chi connectivity index (χ3v) is 3.44. The molecule has 2 heteroatoms. The van der Waals surface area contributed by atoms with Gasteiger partial charge in [-0.05, 0) is 37.3 Å². The molecule has 0 fully saturated rings. The zero-order valence-electron chi connectivity index (χ0n) is 10.2. The Balaban J connectivity index is 1.88. The summed E-state index contributed by atoms with van der Waals surface area (Å²) >= 11 is 0. The number of ether oxygens (including phenoxy) is 1. The monoisotopic (exact) mass is 219 g/mol. The zero-order chi connectivity index (χ0) is 11.4. The molecule has 0 aliphatic heterocycles. The van der Waals surface area contributed by atoms with Gasteiger partial charge in [0.15, 0.2) is 0 Å². The van der Waals surface area contributed by atoms with Crippen molar-refractivity contribution in [3.63, 3.8) is 0 Å². The summed E-state index contributed by atoms with van der Waals surface area (Å²) in [6.45, 7) is 3.05. The van der Waals surface area contributed by atoms with Gasteiger partial charge in [0.1, 0.15) is 0 Å². The van der Waals surface area contributed by atoms with Gasteiger partial charge >= 0.3 is 0 Å². The number of aryl methyl sites for hydroxylation is 1. The number of benzene rings is 1. The first-order valence-electron chi connectivity index (χ1n) is 6.12. The van der Waals surface area contributed by atoms with E-state index in [-0.39, 0.29) is 0 Å². The largest absolute Gasteiger partial charge is 0.380 e. The van der Waals surface area contributed by atoms with Gasteiger partial charge in [-0.1, -0.05) is 24.3 Å². The first-order valence-corrected chi connectivity index (χ1v) is 6.12. The van der Waals surface area contributed by atoms with E-state index in [9.17, 15) is 0 Å². The number of fused-ring (bicyclic) bond motifs is 1. The fourth-order valence-electron chi connectivity index (χ4n) is 2.29. The van der Waals surface area contributed by atoms with E-state index >= 15 is 0 Å². The molecule has 0 heterocycles. The van der Waals surface area contributed by atoms with Crippen LogP contribution in [-0.2, 0) is 17.6 Å². The molecule has 1 N–H and O–H groups in total. The molecule has 2 unspecified atom stereocenters. The van der Waals surface area contributed by atoms with Gasteiger partial charge in [-0.25, -0.2) is 0 Å². The smallest absolute Gasteiger partial charge is 0.0667 e.